The van der Waals surface area contributed by atoms with Gasteiger partial charge >= 0.3 is 0 Å². The highest BCUT2D eigenvalue weighted by atomic mass is 32.2. The van der Waals surface area contributed by atoms with Crippen LogP contribution in [0.15, 0.2) is 47.4 Å². The molecule has 2 rings (SSSR count). The van der Waals surface area contributed by atoms with Crippen molar-refractivity contribution in [1.29, 1.82) is 0 Å². The van der Waals surface area contributed by atoms with Gasteiger partial charge in [-0.1, -0.05) is 12.1 Å². The maximum atomic E-state index is 13.1. The Kier molecular flexibility index (Phi) is 3.77. The molecule has 0 aliphatic rings. The molecule has 0 saturated carbocycles. The molecule has 0 radical (unpaired) electrons. The van der Waals surface area contributed by atoms with Crippen LogP contribution >= 0.6 is 11.8 Å². The van der Waals surface area contributed by atoms with Crippen molar-refractivity contribution in [3.63, 3.8) is 0 Å². The molecule has 2 aromatic rings. The highest BCUT2D eigenvalue weighted by Gasteiger charge is 2.14. The van der Waals surface area contributed by atoms with Gasteiger partial charge in [0.05, 0.1) is 0 Å². The third kappa shape index (κ3) is 2.43. The predicted octanol–water partition coefficient (Wildman–Crippen LogP) is 3.92. The van der Waals surface area contributed by atoms with Crippen molar-refractivity contribution in [2.45, 2.75) is 4.90 Å². The summed E-state index contributed by atoms with van der Waals surface area (Å²) in [6, 6.07) is 10.2. The first-order valence-corrected chi connectivity index (χ1v) is 6.48. The fourth-order valence-electron chi connectivity index (χ4n) is 1.63. The third-order valence-electron chi connectivity index (χ3n) is 2.53. The Hall–Kier alpha value is -1.68. The molecule has 4 heteroatoms. The van der Waals surface area contributed by atoms with Crippen LogP contribution < -0.4 is 0 Å². The fourth-order valence-corrected chi connectivity index (χ4v) is 2.22. The molecule has 0 aliphatic carbocycles. The summed E-state index contributed by atoms with van der Waals surface area (Å²) in [5.74, 6) is -2.27. The van der Waals surface area contributed by atoms with Gasteiger partial charge in [0.1, 0.15) is 0 Å². The number of hydrogen-bond acceptors (Lipinski definition) is 2. The molecule has 0 heterocycles. The van der Waals surface area contributed by atoms with Crippen LogP contribution in [-0.2, 0) is 0 Å². The number of rotatable bonds is 3. The molecule has 1 nitrogen and oxygen atoms in total. The third-order valence-corrected chi connectivity index (χ3v) is 3.33. The molecule has 2 aromatic carbocycles. The van der Waals surface area contributed by atoms with Crippen molar-refractivity contribution in [3.05, 3.63) is 65.2 Å². The molecule has 0 unspecified atom stereocenters. The van der Waals surface area contributed by atoms with Crippen LogP contribution in [-0.4, -0.2) is 12.0 Å². The number of benzene rings is 2. The van der Waals surface area contributed by atoms with E-state index in [1.165, 1.54) is 17.8 Å². The highest BCUT2D eigenvalue weighted by molar-refractivity contribution is 7.98. The molecule has 0 aromatic heterocycles. The first kappa shape index (κ1) is 12.8. The molecule has 0 atom stereocenters. The van der Waals surface area contributed by atoms with E-state index in [0.717, 1.165) is 17.0 Å². The molecule has 0 bridgehead atoms. The zero-order valence-electron chi connectivity index (χ0n) is 9.61. The van der Waals surface area contributed by atoms with E-state index in [9.17, 15) is 13.6 Å². The monoisotopic (exact) mass is 264 g/mol. The number of ketones is 1. The van der Waals surface area contributed by atoms with Gasteiger partial charge in [0, 0.05) is 16.0 Å². The maximum Gasteiger partial charge on any atom is 0.194 e. The smallest absolute Gasteiger partial charge is 0.194 e. The van der Waals surface area contributed by atoms with Gasteiger partial charge < -0.3 is 0 Å². The van der Waals surface area contributed by atoms with Crippen LogP contribution in [0.2, 0.25) is 0 Å². The molecule has 0 aliphatic heterocycles. The second kappa shape index (κ2) is 5.31. The standard InChI is InChI=1S/C14H10F2OS/c1-18-13-5-3-2-4-10(13)14(17)9-6-7-11(15)12(16)8-9/h2-8H,1H3. The van der Waals surface area contributed by atoms with E-state index in [4.69, 9.17) is 0 Å². The van der Waals surface area contributed by atoms with E-state index in [0.29, 0.717) is 5.56 Å². The second-order valence-corrected chi connectivity index (χ2v) is 4.51. The fraction of sp³-hybridized carbons (Fsp3) is 0.0714. The van der Waals surface area contributed by atoms with Gasteiger partial charge in [-0.15, -0.1) is 11.8 Å². The lowest BCUT2D eigenvalue weighted by atomic mass is 10.0. The normalized spacial score (nSPS) is 10.4. The van der Waals surface area contributed by atoms with Crippen LogP contribution in [0.5, 0.6) is 0 Å². The molecule has 0 N–H and O–H groups in total. The Labute approximate surface area is 108 Å². The quantitative estimate of drug-likeness (QED) is 0.617. The molecular formula is C14H10F2OS. The van der Waals surface area contributed by atoms with E-state index in [2.05, 4.69) is 0 Å². The molecular weight excluding hydrogens is 254 g/mol. The minimum Gasteiger partial charge on any atom is -0.289 e. The molecule has 18 heavy (non-hydrogen) atoms. The second-order valence-electron chi connectivity index (χ2n) is 3.66. The van der Waals surface area contributed by atoms with Crippen LogP contribution in [0, 0.1) is 11.6 Å². The van der Waals surface area contributed by atoms with Gasteiger partial charge in [-0.3, -0.25) is 4.79 Å². The number of carbonyl (C=O) groups excluding carboxylic acids is 1. The van der Waals surface area contributed by atoms with Gasteiger partial charge in [-0.2, -0.15) is 0 Å². The van der Waals surface area contributed by atoms with Crippen LogP contribution in [0.1, 0.15) is 15.9 Å². The lowest BCUT2D eigenvalue weighted by Gasteiger charge is -2.06. The van der Waals surface area contributed by atoms with Gasteiger partial charge in [-0.25, -0.2) is 8.78 Å². The Morgan fingerprint density at radius 1 is 1.06 bits per heavy atom. The Morgan fingerprint density at radius 2 is 1.78 bits per heavy atom. The van der Waals surface area contributed by atoms with E-state index in [1.807, 2.05) is 18.4 Å². The average molecular weight is 264 g/mol. The first-order valence-electron chi connectivity index (χ1n) is 5.26. The molecule has 0 spiro atoms. The van der Waals surface area contributed by atoms with Crippen molar-refractivity contribution in [1.82, 2.24) is 0 Å². The van der Waals surface area contributed by atoms with Gasteiger partial charge in [0.2, 0.25) is 0 Å². The van der Waals surface area contributed by atoms with E-state index >= 15 is 0 Å². The summed E-state index contributed by atoms with van der Waals surface area (Å²) in [5.41, 5.74) is 0.645. The van der Waals surface area contributed by atoms with Gasteiger partial charge in [0.25, 0.3) is 0 Å². The predicted molar refractivity (Wildman–Crippen MR) is 68.0 cm³/mol. The Balaban J connectivity index is 2.44. The minimum absolute atomic E-state index is 0.149. The number of halogens is 2. The zero-order valence-corrected chi connectivity index (χ0v) is 10.4. The zero-order chi connectivity index (χ0) is 13.1. The number of carbonyl (C=O) groups is 1. The van der Waals surface area contributed by atoms with Crippen molar-refractivity contribution in [2.24, 2.45) is 0 Å². The van der Waals surface area contributed by atoms with Crippen LogP contribution in [0.4, 0.5) is 8.78 Å². The van der Waals surface area contributed by atoms with Crippen molar-refractivity contribution < 1.29 is 13.6 Å². The van der Waals surface area contributed by atoms with Crippen molar-refractivity contribution >= 4 is 17.5 Å². The lowest BCUT2D eigenvalue weighted by molar-refractivity contribution is 0.103. The maximum absolute atomic E-state index is 13.1. The van der Waals surface area contributed by atoms with E-state index < -0.39 is 11.6 Å². The number of thioether (sulfide) groups is 1. The van der Waals surface area contributed by atoms with E-state index in [1.54, 1.807) is 12.1 Å². The molecule has 0 amide bonds. The topological polar surface area (TPSA) is 17.1 Å². The Morgan fingerprint density at radius 3 is 2.44 bits per heavy atom. The lowest BCUT2D eigenvalue weighted by Crippen LogP contribution is -2.04. The summed E-state index contributed by atoms with van der Waals surface area (Å²) >= 11 is 1.44. The van der Waals surface area contributed by atoms with Crippen LogP contribution in [0.25, 0.3) is 0 Å². The van der Waals surface area contributed by atoms with Crippen molar-refractivity contribution in [3.8, 4) is 0 Å². The Bertz CT molecular complexity index is 596. The largest absolute Gasteiger partial charge is 0.289 e. The SMILES string of the molecule is CSc1ccccc1C(=O)c1ccc(F)c(F)c1. The summed E-state index contributed by atoms with van der Waals surface area (Å²) < 4.78 is 25.9. The first-order chi connectivity index (χ1) is 8.63. The van der Waals surface area contributed by atoms with Gasteiger partial charge in [-0.05, 0) is 36.6 Å². The summed E-state index contributed by atoms with van der Waals surface area (Å²) in [7, 11) is 0. The molecule has 0 saturated heterocycles. The average Bonchev–Trinajstić information content (AvgIpc) is 2.41. The van der Waals surface area contributed by atoms with E-state index in [-0.39, 0.29) is 11.3 Å². The summed E-state index contributed by atoms with van der Waals surface area (Å²) in [6.45, 7) is 0. The summed E-state index contributed by atoms with van der Waals surface area (Å²) in [4.78, 5) is 13.0. The van der Waals surface area contributed by atoms with Gasteiger partial charge in [0.15, 0.2) is 17.4 Å². The van der Waals surface area contributed by atoms with Crippen LogP contribution in [0.3, 0.4) is 0 Å². The number of hydrogen-bond donors (Lipinski definition) is 0. The molecule has 0 fully saturated rings. The summed E-state index contributed by atoms with van der Waals surface area (Å²) in [6.07, 6.45) is 1.86. The minimum atomic E-state index is -1.01. The van der Waals surface area contributed by atoms with Crippen molar-refractivity contribution in [2.75, 3.05) is 6.26 Å². The molecule has 92 valence electrons. The summed E-state index contributed by atoms with van der Waals surface area (Å²) in [5, 5.41) is 0. The highest BCUT2D eigenvalue weighted by Crippen LogP contribution is 2.23.